The van der Waals surface area contributed by atoms with Crippen LogP contribution in [0, 0.1) is 6.92 Å². The van der Waals surface area contributed by atoms with E-state index in [1.165, 1.54) is 0 Å². The van der Waals surface area contributed by atoms with Gasteiger partial charge in [-0.05, 0) is 24.6 Å². The third-order valence-corrected chi connectivity index (χ3v) is 3.56. The van der Waals surface area contributed by atoms with E-state index < -0.39 is 0 Å². The first kappa shape index (κ1) is 11.8. The fourth-order valence-corrected chi connectivity index (χ4v) is 2.58. The van der Waals surface area contributed by atoms with Gasteiger partial charge in [-0.15, -0.1) is 0 Å². The third-order valence-electron chi connectivity index (χ3n) is 3.56. The molecule has 1 aliphatic rings. The molecule has 0 bridgehead atoms. The number of anilines is 1. The van der Waals surface area contributed by atoms with Crippen molar-refractivity contribution < 1.29 is 9.59 Å². The molecule has 1 aromatic heterocycles. The van der Waals surface area contributed by atoms with Gasteiger partial charge in [0.1, 0.15) is 0 Å². The van der Waals surface area contributed by atoms with Crippen LogP contribution >= 0.6 is 0 Å². The van der Waals surface area contributed by atoms with Crippen LogP contribution < -0.4 is 10.2 Å². The zero-order valence-electron chi connectivity index (χ0n) is 10.9. The molecule has 1 saturated heterocycles. The first-order chi connectivity index (χ1) is 9.08. The number of carbonyl (C=O) groups excluding carboxylic acids is 2. The summed E-state index contributed by atoms with van der Waals surface area (Å²) in [5.41, 5.74) is 3.00. The molecule has 1 N–H and O–H groups in total. The van der Waals surface area contributed by atoms with Crippen molar-refractivity contribution in [3.63, 3.8) is 0 Å². The van der Waals surface area contributed by atoms with Crippen LogP contribution in [-0.4, -0.2) is 23.1 Å². The van der Waals surface area contributed by atoms with Crippen molar-refractivity contribution in [2.45, 2.75) is 13.3 Å². The van der Waals surface area contributed by atoms with Gasteiger partial charge in [0, 0.05) is 37.1 Å². The fourth-order valence-electron chi connectivity index (χ4n) is 2.58. The van der Waals surface area contributed by atoms with E-state index in [2.05, 4.69) is 5.32 Å². The average molecular weight is 257 g/mol. The average Bonchev–Trinajstić information content (AvgIpc) is 2.73. The molecular weight excluding hydrogens is 242 g/mol. The highest BCUT2D eigenvalue weighted by molar-refractivity contribution is 6.10. The summed E-state index contributed by atoms with van der Waals surface area (Å²) in [4.78, 5) is 24.9. The minimum atomic E-state index is -0.337. The van der Waals surface area contributed by atoms with Crippen molar-refractivity contribution in [3.05, 3.63) is 30.0 Å². The molecule has 0 spiro atoms. The van der Waals surface area contributed by atoms with Gasteiger partial charge in [0.05, 0.1) is 5.69 Å². The molecule has 98 valence electrons. The van der Waals surface area contributed by atoms with Gasteiger partial charge in [-0.3, -0.25) is 15.0 Å². The number of amides is 3. The summed E-state index contributed by atoms with van der Waals surface area (Å²) in [7, 11) is 1.97. The predicted octanol–water partition coefficient (Wildman–Crippen LogP) is 1.93. The van der Waals surface area contributed by atoms with Crippen molar-refractivity contribution in [2.24, 2.45) is 7.05 Å². The predicted molar refractivity (Wildman–Crippen MR) is 73.2 cm³/mol. The van der Waals surface area contributed by atoms with Gasteiger partial charge in [0.15, 0.2) is 0 Å². The number of carbonyl (C=O) groups is 2. The zero-order valence-corrected chi connectivity index (χ0v) is 10.9. The van der Waals surface area contributed by atoms with E-state index in [1.54, 1.807) is 4.90 Å². The maximum absolute atomic E-state index is 12.0. The Morgan fingerprint density at radius 2 is 2.00 bits per heavy atom. The highest BCUT2D eigenvalue weighted by atomic mass is 16.2. The largest absolute Gasteiger partial charge is 0.350 e. The second-order valence-electron chi connectivity index (χ2n) is 4.85. The van der Waals surface area contributed by atoms with Crippen LogP contribution in [0.4, 0.5) is 10.5 Å². The number of hydrogen-bond donors (Lipinski definition) is 1. The molecule has 1 fully saturated rings. The summed E-state index contributed by atoms with van der Waals surface area (Å²) in [6, 6.07) is 5.71. The van der Waals surface area contributed by atoms with E-state index in [0.29, 0.717) is 13.0 Å². The fraction of sp³-hybridized carbons (Fsp3) is 0.286. The molecule has 3 amide bonds. The molecule has 2 heterocycles. The number of aryl methyl sites for hydroxylation is 2. The van der Waals surface area contributed by atoms with Crippen LogP contribution in [0.25, 0.3) is 10.9 Å². The van der Waals surface area contributed by atoms with Crippen LogP contribution in [0.2, 0.25) is 0 Å². The van der Waals surface area contributed by atoms with Gasteiger partial charge < -0.3 is 4.57 Å². The van der Waals surface area contributed by atoms with E-state index in [0.717, 1.165) is 22.2 Å². The molecule has 0 aliphatic carbocycles. The first-order valence-electron chi connectivity index (χ1n) is 6.24. The second kappa shape index (κ2) is 4.12. The van der Waals surface area contributed by atoms with Gasteiger partial charge in [0.2, 0.25) is 5.91 Å². The molecule has 0 unspecified atom stereocenters. The van der Waals surface area contributed by atoms with E-state index in [4.69, 9.17) is 0 Å². The normalized spacial score (nSPS) is 16.0. The minimum Gasteiger partial charge on any atom is -0.350 e. The SMILES string of the molecule is Cc1ccc2c(ccn2C)c1N1CCC(=O)NC1=O. The lowest BCUT2D eigenvalue weighted by Gasteiger charge is -2.28. The standard InChI is InChI=1S/C14H15N3O2/c1-9-3-4-11-10(5-7-16(11)2)13(9)17-8-6-12(18)15-14(17)19/h3-5,7H,6,8H2,1-2H3,(H,15,18,19). The molecule has 0 saturated carbocycles. The molecule has 1 aromatic carbocycles. The number of fused-ring (bicyclic) bond motifs is 1. The summed E-state index contributed by atoms with van der Waals surface area (Å²) >= 11 is 0. The zero-order chi connectivity index (χ0) is 13.6. The van der Waals surface area contributed by atoms with Crippen molar-refractivity contribution in [3.8, 4) is 0 Å². The number of rotatable bonds is 1. The summed E-state index contributed by atoms with van der Waals surface area (Å²) in [5, 5.41) is 3.40. The summed E-state index contributed by atoms with van der Waals surface area (Å²) in [5.74, 6) is -0.209. The number of nitrogens with zero attached hydrogens (tertiary/aromatic N) is 2. The topological polar surface area (TPSA) is 54.3 Å². The molecule has 1 aliphatic heterocycles. The molecule has 0 radical (unpaired) electrons. The second-order valence-corrected chi connectivity index (χ2v) is 4.85. The maximum Gasteiger partial charge on any atom is 0.328 e. The Kier molecular flexibility index (Phi) is 2.55. The van der Waals surface area contributed by atoms with Crippen LogP contribution in [-0.2, 0) is 11.8 Å². The Morgan fingerprint density at radius 1 is 1.21 bits per heavy atom. The number of urea groups is 1. The molecular formula is C14H15N3O2. The maximum atomic E-state index is 12.0. The van der Waals surface area contributed by atoms with Crippen LogP contribution in [0.15, 0.2) is 24.4 Å². The van der Waals surface area contributed by atoms with Crippen molar-refractivity contribution in [1.29, 1.82) is 0 Å². The van der Waals surface area contributed by atoms with Crippen LogP contribution in [0.1, 0.15) is 12.0 Å². The summed E-state index contributed by atoms with van der Waals surface area (Å²) < 4.78 is 2.02. The minimum absolute atomic E-state index is 0.209. The number of nitrogens with one attached hydrogen (secondary N) is 1. The Labute approximate surface area is 110 Å². The Bertz CT molecular complexity index is 687. The van der Waals surface area contributed by atoms with E-state index in [9.17, 15) is 9.59 Å². The van der Waals surface area contributed by atoms with Gasteiger partial charge in [-0.2, -0.15) is 0 Å². The number of hydrogen-bond acceptors (Lipinski definition) is 2. The van der Waals surface area contributed by atoms with Crippen LogP contribution in [0.3, 0.4) is 0 Å². The first-order valence-corrected chi connectivity index (χ1v) is 6.24. The lowest BCUT2D eigenvalue weighted by atomic mass is 10.1. The van der Waals surface area contributed by atoms with Gasteiger partial charge in [0.25, 0.3) is 0 Å². The number of imide groups is 1. The monoisotopic (exact) mass is 257 g/mol. The quantitative estimate of drug-likeness (QED) is 0.848. The third kappa shape index (κ3) is 1.78. The summed E-state index contributed by atoms with van der Waals surface area (Å²) in [6.07, 6.45) is 2.31. The van der Waals surface area contributed by atoms with Crippen molar-refractivity contribution in [1.82, 2.24) is 9.88 Å². The highest BCUT2D eigenvalue weighted by Crippen LogP contribution is 2.32. The number of benzene rings is 1. The Balaban J connectivity index is 2.16. The molecule has 5 nitrogen and oxygen atoms in total. The van der Waals surface area contributed by atoms with E-state index >= 15 is 0 Å². The molecule has 5 heteroatoms. The number of aromatic nitrogens is 1. The van der Waals surface area contributed by atoms with Gasteiger partial charge in [-0.25, -0.2) is 4.79 Å². The molecule has 2 aromatic rings. The Hall–Kier alpha value is -2.30. The molecule has 19 heavy (non-hydrogen) atoms. The lowest BCUT2D eigenvalue weighted by molar-refractivity contribution is -0.120. The lowest BCUT2D eigenvalue weighted by Crippen LogP contribution is -2.49. The van der Waals surface area contributed by atoms with Crippen molar-refractivity contribution >= 4 is 28.5 Å². The highest BCUT2D eigenvalue weighted by Gasteiger charge is 2.26. The van der Waals surface area contributed by atoms with E-state index in [-0.39, 0.29) is 11.9 Å². The van der Waals surface area contributed by atoms with Gasteiger partial charge >= 0.3 is 6.03 Å². The van der Waals surface area contributed by atoms with Crippen LogP contribution in [0.5, 0.6) is 0 Å². The summed E-state index contributed by atoms with van der Waals surface area (Å²) in [6.45, 7) is 2.41. The van der Waals surface area contributed by atoms with Gasteiger partial charge in [-0.1, -0.05) is 6.07 Å². The van der Waals surface area contributed by atoms with Crippen molar-refractivity contribution in [2.75, 3.05) is 11.4 Å². The molecule has 0 atom stereocenters. The van der Waals surface area contributed by atoms with E-state index in [1.807, 2.05) is 42.9 Å². The molecule has 3 rings (SSSR count). The smallest absolute Gasteiger partial charge is 0.328 e. The Morgan fingerprint density at radius 3 is 2.74 bits per heavy atom.